The summed E-state index contributed by atoms with van der Waals surface area (Å²) in [6, 6.07) is 16.8. The summed E-state index contributed by atoms with van der Waals surface area (Å²) < 4.78 is 26.5. The highest BCUT2D eigenvalue weighted by Gasteiger charge is 2.30. The van der Waals surface area contributed by atoms with Gasteiger partial charge < -0.3 is 10.2 Å². The van der Waals surface area contributed by atoms with E-state index in [0.717, 1.165) is 43.2 Å². The topological polar surface area (TPSA) is 86.8 Å². The van der Waals surface area contributed by atoms with E-state index in [9.17, 15) is 18.0 Å². The second kappa shape index (κ2) is 14.3. The van der Waals surface area contributed by atoms with Crippen molar-refractivity contribution in [3.8, 4) is 0 Å². The first-order chi connectivity index (χ1) is 18.2. The molecule has 0 unspecified atom stereocenters. The van der Waals surface area contributed by atoms with Crippen LogP contribution >= 0.6 is 0 Å². The number of rotatable bonds is 13. The molecule has 0 radical (unpaired) electrons. The van der Waals surface area contributed by atoms with Crippen molar-refractivity contribution in [2.45, 2.75) is 90.3 Å². The Bertz CT molecular complexity index is 1130. The monoisotopic (exact) mass is 541 g/mol. The Hall–Kier alpha value is -2.87. The normalized spacial score (nSPS) is 15.0. The number of nitrogens with one attached hydrogen (secondary N) is 1. The summed E-state index contributed by atoms with van der Waals surface area (Å²) in [7, 11) is -3.51. The van der Waals surface area contributed by atoms with Crippen molar-refractivity contribution in [2.75, 3.05) is 17.1 Å². The summed E-state index contributed by atoms with van der Waals surface area (Å²) >= 11 is 0. The molecule has 1 atom stereocenters. The minimum Gasteiger partial charge on any atom is -0.352 e. The van der Waals surface area contributed by atoms with Gasteiger partial charge in [0.15, 0.2) is 0 Å². The molecule has 2 amide bonds. The van der Waals surface area contributed by atoms with Crippen LogP contribution in [-0.2, 0) is 32.6 Å². The third-order valence-electron chi connectivity index (χ3n) is 7.32. The third-order valence-corrected chi connectivity index (χ3v) is 8.51. The number of nitrogens with zero attached hydrogens (tertiary/aromatic N) is 2. The molecule has 2 aromatic carbocycles. The highest BCUT2D eigenvalue weighted by atomic mass is 32.2. The second-order valence-electron chi connectivity index (χ2n) is 10.2. The first kappa shape index (κ1) is 29.7. The zero-order valence-electron chi connectivity index (χ0n) is 23.1. The number of hydrogen-bond donors (Lipinski definition) is 1. The van der Waals surface area contributed by atoms with Crippen molar-refractivity contribution < 1.29 is 18.0 Å². The summed E-state index contributed by atoms with van der Waals surface area (Å²) in [5, 5.41) is 3.20. The summed E-state index contributed by atoms with van der Waals surface area (Å²) in [6.07, 6.45) is 8.48. The van der Waals surface area contributed by atoms with Crippen LogP contribution in [0.4, 0.5) is 5.69 Å². The van der Waals surface area contributed by atoms with Crippen LogP contribution in [0.1, 0.15) is 76.3 Å². The molecule has 1 aliphatic rings. The van der Waals surface area contributed by atoms with Gasteiger partial charge in [-0.2, -0.15) is 0 Å². The number of carbonyl (C=O) groups excluding carboxylic acids is 2. The molecule has 8 heteroatoms. The number of carbonyl (C=O) groups is 2. The number of sulfonamides is 1. The lowest BCUT2D eigenvalue weighted by atomic mass is 9.95. The summed E-state index contributed by atoms with van der Waals surface area (Å²) in [5.41, 5.74) is 2.68. The van der Waals surface area contributed by atoms with Crippen molar-refractivity contribution in [1.82, 2.24) is 10.2 Å². The van der Waals surface area contributed by atoms with Crippen LogP contribution in [0.25, 0.3) is 0 Å². The Kier molecular flexibility index (Phi) is 11.2. The lowest BCUT2D eigenvalue weighted by Crippen LogP contribution is -2.51. The lowest BCUT2D eigenvalue weighted by Gasteiger charge is -2.33. The van der Waals surface area contributed by atoms with Crippen LogP contribution in [0.5, 0.6) is 0 Å². The van der Waals surface area contributed by atoms with Gasteiger partial charge in [-0.3, -0.25) is 13.9 Å². The zero-order valence-corrected chi connectivity index (χ0v) is 23.9. The van der Waals surface area contributed by atoms with E-state index in [1.807, 2.05) is 61.5 Å². The molecule has 0 bridgehead atoms. The molecule has 7 nitrogen and oxygen atoms in total. The first-order valence-electron chi connectivity index (χ1n) is 13.9. The van der Waals surface area contributed by atoms with E-state index in [1.54, 1.807) is 4.90 Å². The maximum Gasteiger partial charge on any atom is 0.243 e. The standard InChI is InChI=1S/C30H43N3O4S/c1-4-24-18-20-27(21-19-24)33(38(3,36)37)22-12-17-29(34)32(23-25-13-8-6-9-14-25)28(5-2)30(35)31-26-15-10-7-11-16-26/h6,8-9,13-14,18-21,26,28H,4-5,7,10-12,15-17,22-23H2,1-3H3,(H,31,35)/t28-/m1/s1. The molecule has 208 valence electrons. The van der Waals surface area contributed by atoms with E-state index in [-0.39, 0.29) is 30.8 Å². The van der Waals surface area contributed by atoms with Crippen molar-refractivity contribution in [1.29, 1.82) is 0 Å². The third kappa shape index (κ3) is 8.58. The fourth-order valence-electron chi connectivity index (χ4n) is 5.15. The summed E-state index contributed by atoms with van der Waals surface area (Å²) in [4.78, 5) is 28.6. The Labute approximate surface area is 228 Å². The molecule has 1 aliphatic carbocycles. The molecule has 0 aliphatic heterocycles. The lowest BCUT2D eigenvalue weighted by molar-refractivity contribution is -0.141. The number of amides is 2. The highest BCUT2D eigenvalue weighted by Crippen LogP contribution is 2.22. The van der Waals surface area contributed by atoms with Gasteiger partial charge in [-0.15, -0.1) is 0 Å². The van der Waals surface area contributed by atoms with Gasteiger partial charge in [-0.25, -0.2) is 8.42 Å². The van der Waals surface area contributed by atoms with E-state index in [4.69, 9.17) is 0 Å². The average Bonchev–Trinajstić information content (AvgIpc) is 2.91. The van der Waals surface area contributed by atoms with E-state index >= 15 is 0 Å². The molecule has 0 spiro atoms. The van der Waals surface area contributed by atoms with Gasteiger partial charge in [0.25, 0.3) is 0 Å². The zero-order chi connectivity index (χ0) is 27.5. The van der Waals surface area contributed by atoms with Crippen molar-refractivity contribution in [2.24, 2.45) is 0 Å². The van der Waals surface area contributed by atoms with Crippen LogP contribution in [-0.4, -0.2) is 50.0 Å². The molecule has 0 heterocycles. The van der Waals surface area contributed by atoms with Crippen LogP contribution in [0.2, 0.25) is 0 Å². The number of anilines is 1. The van der Waals surface area contributed by atoms with Gasteiger partial charge in [0.2, 0.25) is 21.8 Å². The largest absolute Gasteiger partial charge is 0.352 e. The van der Waals surface area contributed by atoms with E-state index in [2.05, 4.69) is 12.2 Å². The van der Waals surface area contributed by atoms with Gasteiger partial charge in [0.1, 0.15) is 6.04 Å². The van der Waals surface area contributed by atoms with E-state index < -0.39 is 16.1 Å². The second-order valence-corrected chi connectivity index (χ2v) is 12.1. The van der Waals surface area contributed by atoms with Gasteiger partial charge in [0, 0.05) is 25.6 Å². The molecular weight excluding hydrogens is 498 g/mol. The average molecular weight is 542 g/mol. The molecule has 2 aromatic rings. The fourth-order valence-corrected chi connectivity index (χ4v) is 6.11. The minimum atomic E-state index is -3.51. The molecular formula is C30H43N3O4S. The molecule has 0 aromatic heterocycles. The van der Waals surface area contributed by atoms with Crippen LogP contribution in [0.3, 0.4) is 0 Å². The summed E-state index contributed by atoms with van der Waals surface area (Å²) in [6.45, 7) is 4.52. The minimum absolute atomic E-state index is 0.0996. The Balaban J connectivity index is 1.72. The van der Waals surface area contributed by atoms with Crippen LogP contribution < -0.4 is 9.62 Å². The maximum absolute atomic E-state index is 13.6. The van der Waals surface area contributed by atoms with Gasteiger partial charge in [0.05, 0.1) is 11.9 Å². The van der Waals surface area contributed by atoms with Crippen LogP contribution in [0, 0.1) is 0 Å². The van der Waals surface area contributed by atoms with Gasteiger partial charge >= 0.3 is 0 Å². The first-order valence-corrected chi connectivity index (χ1v) is 15.8. The van der Waals surface area contributed by atoms with Crippen molar-refractivity contribution in [3.05, 3.63) is 65.7 Å². The number of benzene rings is 2. The predicted octanol–water partition coefficient (Wildman–Crippen LogP) is 5.05. The maximum atomic E-state index is 13.6. The molecule has 0 saturated heterocycles. The van der Waals surface area contributed by atoms with Crippen molar-refractivity contribution >= 4 is 27.5 Å². The predicted molar refractivity (Wildman–Crippen MR) is 153 cm³/mol. The highest BCUT2D eigenvalue weighted by molar-refractivity contribution is 7.92. The van der Waals surface area contributed by atoms with Crippen LogP contribution in [0.15, 0.2) is 54.6 Å². The molecule has 38 heavy (non-hydrogen) atoms. The Morgan fingerprint density at radius 2 is 1.61 bits per heavy atom. The molecule has 3 rings (SSSR count). The number of hydrogen-bond acceptors (Lipinski definition) is 4. The molecule has 1 saturated carbocycles. The van der Waals surface area contributed by atoms with E-state index in [0.29, 0.717) is 25.1 Å². The molecule has 1 N–H and O–H groups in total. The number of aryl methyl sites for hydroxylation is 1. The van der Waals surface area contributed by atoms with Gasteiger partial charge in [-0.05, 0) is 55.4 Å². The Morgan fingerprint density at radius 1 is 0.947 bits per heavy atom. The van der Waals surface area contributed by atoms with Gasteiger partial charge in [-0.1, -0.05) is 75.6 Å². The smallest absolute Gasteiger partial charge is 0.243 e. The Morgan fingerprint density at radius 3 is 2.18 bits per heavy atom. The summed E-state index contributed by atoms with van der Waals surface area (Å²) in [5.74, 6) is -0.244. The molecule has 1 fully saturated rings. The van der Waals surface area contributed by atoms with E-state index in [1.165, 1.54) is 17.0 Å². The SMILES string of the molecule is CCc1ccc(N(CCCC(=O)N(Cc2ccccc2)[C@H](CC)C(=O)NC2CCCCC2)S(C)(=O)=O)cc1. The quantitative estimate of drug-likeness (QED) is 0.384. The van der Waals surface area contributed by atoms with Crippen molar-refractivity contribution in [3.63, 3.8) is 0 Å². The fraction of sp³-hybridized carbons (Fsp3) is 0.533.